The zero-order valence-electron chi connectivity index (χ0n) is 8.36. The number of nitrogens with zero attached hydrogens (tertiary/aromatic N) is 1. The molecule has 1 heterocycles. The first-order valence-corrected chi connectivity index (χ1v) is 4.30. The van der Waals surface area contributed by atoms with E-state index in [4.69, 9.17) is 0 Å². The maximum absolute atomic E-state index is 3.49. The van der Waals surface area contributed by atoms with Crippen LogP contribution >= 0.6 is 0 Å². The molecule has 2 nitrogen and oxygen atoms in total. The summed E-state index contributed by atoms with van der Waals surface area (Å²) in [4.78, 5) is 2.36. The fraction of sp³-hybridized carbons (Fsp3) is 1.00. The van der Waals surface area contributed by atoms with E-state index >= 15 is 0 Å². The van der Waals surface area contributed by atoms with Crippen LogP contribution in [-0.4, -0.2) is 29.7 Å². The van der Waals surface area contributed by atoms with Gasteiger partial charge in [-0.3, -0.25) is 10.2 Å². The van der Waals surface area contributed by atoms with Crippen LogP contribution < -0.4 is 5.32 Å². The Balaban J connectivity index is 2.67. The highest BCUT2D eigenvalue weighted by molar-refractivity contribution is 4.94. The first-order valence-electron chi connectivity index (χ1n) is 4.30. The maximum Gasteiger partial charge on any atom is 0.0486 e. The van der Waals surface area contributed by atoms with Crippen LogP contribution in [0.25, 0.3) is 0 Å². The van der Waals surface area contributed by atoms with Gasteiger partial charge in [0.2, 0.25) is 0 Å². The third-order valence-corrected chi connectivity index (χ3v) is 2.70. The molecule has 0 aromatic rings. The lowest BCUT2D eigenvalue weighted by atomic mass is 9.84. The van der Waals surface area contributed by atoms with Crippen LogP contribution in [-0.2, 0) is 0 Å². The number of nitrogens with one attached hydrogen (secondary N) is 1. The molecule has 1 aliphatic heterocycles. The first-order chi connectivity index (χ1) is 4.83. The van der Waals surface area contributed by atoms with Crippen molar-refractivity contribution >= 4 is 0 Å². The minimum atomic E-state index is 0.302. The van der Waals surface area contributed by atoms with Crippen molar-refractivity contribution in [3.63, 3.8) is 0 Å². The van der Waals surface area contributed by atoms with E-state index in [-0.39, 0.29) is 0 Å². The largest absolute Gasteiger partial charge is 0.299 e. The Morgan fingerprint density at radius 1 is 1.18 bits per heavy atom. The summed E-state index contributed by atoms with van der Waals surface area (Å²) in [5, 5.41) is 3.49. The Hall–Kier alpha value is -0.0800. The molecule has 0 spiro atoms. The van der Waals surface area contributed by atoms with Crippen LogP contribution in [0.15, 0.2) is 0 Å². The van der Waals surface area contributed by atoms with E-state index in [9.17, 15) is 0 Å². The summed E-state index contributed by atoms with van der Waals surface area (Å²) in [6.45, 7) is 10.1. The quantitative estimate of drug-likeness (QED) is 0.570. The van der Waals surface area contributed by atoms with Gasteiger partial charge in [-0.25, -0.2) is 0 Å². The summed E-state index contributed by atoms with van der Waals surface area (Å²) in [5.41, 5.74) is 0.644. The Kier molecular flexibility index (Phi) is 2.01. The lowest BCUT2D eigenvalue weighted by Crippen LogP contribution is -2.61. The van der Waals surface area contributed by atoms with Crippen molar-refractivity contribution in [2.24, 2.45) is 0 Å². The van der Waals surface area contributed by atoms with Crippen LogP contribution in [0.5, 0.6) is 0 Å². The minimum absolute atomic E-state index is 0.302. The molecule has 0 aromatic carbocycles. The third kappa shape index (κ3) is 1.94. The molecule has 0 aliphatic carbocycles. The monoisotopic (exact) mass is 156 g/mol. The molecule has 0 saturated carbocycles. The highest BCUT2D eigenvalue weighted by atomic mass is 15.3. The van der Waals surface area contributed by atoms with Gasteiger partial charge in [-0.15, -0.1) is 0 Å². The highest BCUT2D eigenvalue weighted by Gasteiger charge is 2.35. The van der Waals surface area contributed by atoms with Crippen LogP contribution in [0, 0.1) is 0 Å². The fourth-order valence-corrected chi connectivity index (χ4v) is 1.83. The molecule has 2 heteroatoms. The molecular weight excluding hydrogens is 136 g/mol. The summed E-state index contributed by atoms with van der Waals surface area (Å²) >= 11 is 0. The molecule has 1 N–H and O–H groups in total. The lowest BCUT2D eigenvalue weighted by Gasteiger charge is -2.48. The Morgan fingerprint density at radius 2 is 1.73 bits per heavy atom. The van der Waals surface area contributed by atoms with E-state index in [1.807, 2.05) is 0 Å². The molecule has 1 fully saturated rings. The van der Waals surface area contributed by atoms with Gasteiger partial charge >= 0.3 is 0 Å². The lowest BCUT2D eigenvalue weighted by molar-refractivity contribution is 0.0445. The summed E-state index contributed by atoms with van der Waals surface area (Å²) < 4.78 is 0. The predicted molar refractivity (Wildman–Crippen MR) is 48.5 cm³/mol. The average Bonchev–Trinajstić information content (AvgIpc) is 1.77. The van der Waals surface area contributed by atoms with Gasteiger partial charge in [0, 0.05) is 17.7 Å². The van der Waals surface area contributed by atoms with Gasteiger partial charge in [-0.05, 0) is 41.2 Å². The van der Waals surface area contributed by atoms with Crippen LogP contribution in [0.2, 0.25) is 0 Å². The van der Waals surface area contributed by atoms with Gasteiger partial charge in [-0.2, -0.15) is 0 Å². The van der Waals surface area contributed by atoms with Crippen LogP contribution in [0.3, 0.4) is 0 Å². The van der Waals surface area contributed by atoms with Crippen LogP contribution in [0.1, 0.15) is 34.1 Å². The van der Waals surface area contributed by atoms with Crippen molar-refractivity contribution < 1.29 is 0 Å². The van der Waals surface area contributed by atoms with Crippen LogP contribution in [0.4, 0.5) is 0 Å². The molecule has 0 atom stereocenters. The smallest absolute Gasteiger partial charge is 0.0486 e. The molecule has 0 aromatic heterocycles. The third-order valence-electron chi connectivity index (χ3n) is 2.70. The molecule has 0 unspecified atom stereocenters. The zero-order valence-corrected chi connectivity index (χ0v) is 8.36. The fourth-order valence-electron chi connectivity index (χ4n) is 1.83. The van der Waals surface area contributed by atoms with Crippen molar-refractivity contribution in [3.8, 4) is 0 Å². The second kappa shape index (κ2) is 2.46. The molecule has 0 amide bonds. The standard InChI is InChI=1S/C9H20N2/c1-8(2)6-9(3,4)11(5)7-10-8/h10H,6-7H2,1-5H3. The molecule has 1 saturated heterocycles. The zero-order chi connectivity index (χ0) is 8.70. The Bertz CT molecular complexity index is 150. The van der Waals surface area contributed by atoms with E-state index in [1.165, 1.54) is 6.42 Å². The van der Waals surface area contributed by atoms with Gasteiger partial charge in [0.15, 0.2) is 0 Å². The predicted octanol–water partition coefficient (Wildman–Crippen LogP) is 1.43. The Labute approximate surface area is 70.0 Å². The van der Waals surface area contributed by atoms with Crippen molar-refractivity contribution in [1.29, 1.82) is 0 Å². The SMILES string of the molecule is CN1CNC(C)(C)CC1(C)C. The summed E-state index contributed by atoms with van der Waals surface area (Å²) in [5.74, 6) is 0. The van der Waals surface area contributed by atoms with E-state index < -0.39 is 0 Å². The molecule has 0 bridgehead atoms. The molecule has 66 valence electrons. The summed E-state index contributed by atoms with van der Waals surface area (Å²) in [7, 11) is 2.17. The van der Waals surface area contributed by atoms with Gasteiger partial charge in [0.25, 0.3) is 0 Å². The van der Waals surface area contributed by atoms with Gasteiger partial charge < -0.3 is 0 Å². The second-order valence-electron chi connectivity index (χ2n) is 4.91. The van der Waals surface area contributed by atoms with Crippen molar-refractivity contribution in [3.05, 3.63) is 0 Å². The Morgan fingerprint density at radius 3 is 2.09 bits per heavy atom. The van der Waals surface area contributed by atoms with E-state index in [2.05, 4.69) is 45.0 Å². The molecular formula is C9H20N2. The molecule has 1 aliphatic rings. The van der Waals surface area contributed by atoms with E-state index in [1.54, 1.807) is 0 Å². The molecule has 0 radical (unpaired) electrons. The van der Waals surface area contributed by atoms with Crippen molar-refractivity contribution in [1.82, 2.24) is 10.2 Å². The van der Waals surface area contributed by atoms with E-state index in [0.29, 0.717) is 11.1 Å². The molecule has 1 rings (SSSR count). The van der Waals surface area contributed by atoms with Gasteiger partial charge in [0.1, 0.15) is 0 Å². The topological polar surface area (TPSA) is 15.3 Å². The summed E-state index contributed by atoms with van der Waals surface area (Å²) in [6, 6.07) is 0. The van der Waals surface area contributed by atoms with Crippen molar-refractivity contribution in [2.75, 3.05) is 13.7 Å². The second-order valence-corrected chi connectivity index (χ2v) is 4.91. The maximum atomic E-state index is 3.49. The summed E-state index contributed by atoms with van der Waals surface area (Å²) in [6.07, 6.45) is 1.20. The van der Waals surface area contributed by atoms with E-state index in [0.717, 1.165) is 6.67 Å². The first kappa shape index (κ1) is 9.01. The minimum Gasteiger partial charge on any atom is -0.299 e. The average molecular weight is 156 g/mol. The molecule has 11 heavy (non-hydrogen) atoms. The normalized spacial score (nSPS) is 30.3. The number of rotatable bonds is 0. The number of hydrogen-bond donors (Lipinski definition) is 1. The van der Waals surface area contributed by atoms with Gasteiger partial charge in [0.05, 0.1) is 0 Å². The van der Waals surface area contributed by atoms with Crippen molar-refractivity contribution in [2.45, 2.75) is 45.2 Å². The number of hydrogen-bond acceptors (Lipinski definition) is 2. The van der Waals surface area contributed by atoms with Gasteiger partial charge in [-0.1, -0.05) is 0 Å². The highest BCUT2D eigenvalue weighted by Crippen LogP contribution is 2.28.